The van der Waals surface area contributed by atoms with Crippen LogP contribution in [0.4, 0.5) is 0 Å². The van der Waals surface area contributed by atoms with Crippen molar-refractivity contribution in [3.63, 3.8) is 0 Å². The first kappa shape index (κ1) is 26.3. The number of hydrogen-bond donors (Lipinski definition) is 2. The number of para-hydroxylation sites is 2. The number of amides is 2. The second-order valence-corrected chi connectivity index (χ2v) is 11.0. The number of ether oxygens (including phenoxy) is 1. The molecule has 3 heterocycles. The van der Waals surface area contributed by atoms with E-state index in [1.54, 1.807) is 0 Å². The summed E-state index contributed by atoms with van der Waals surface area (Å²) in [5.74, 6) is 1.09. The second kappa shape index (κ2) is 11.6. The van der Waals surface area contributed by atoms with Gasteiger partial charge in [0.05, 0.1) is 18.0 Å². The van der Waals surface area contributed by atoms with Crippen molar-refractivity contribution in [1.29, 1.82) is 0 Å². The van der Waals surface area contributed by atoms with Gasteiger partial charge in [0.2, 0.25) is 11.8 Å². The Hall–Kier alpha value is -3.32. The molecule has 2 aliphatic heterocycles. The smallest absolute Gasteiger partial charge is 0.239 e. The van der Waals surface area contributed by atoms with Crippen molar-refractivity contribution in [3.8, 4) is 5.75 Å². The van der Waals surface area contributed by atoms with Crippen LogP contribution < -0.4 is 10.5 Å². The summed E-state index contributed by atoms with van der Waals surface area (Å²) < 4.78 is 6.08. The minimum atomic E-state index is -0.597. The normalized spacial score (nSPS) is 19.7. The van der Waals surface area contributed by atoms with Crippen LogP contribution in [0, 0.1) is 5.41 Å². The number of nitrogens with two attached hydrogens (primary N) is 1. The number of aromatic nitrogens is 1. The van der Waals surface area contributed by atoms with Gasteiger partial charge >= 0.3 is 0 Å². The Bertz CT molecular complexity index is 1260. The topological polar surface area (TPSA) is 91.7 Å². The number of H-pyrrole nitrogens is 1. The summed E-state index contributed by atoms with van der Waals surface area (Å²) >= 11 is 0. The Kier molecular flexibility index (Phi) is 8.03. The maximum atomic E-state index is 13.8. The molecule has 38 heavy (non-hydrogen) atoms. The molecule has 1 aromatic heterocycles. The average molecular weight is 517 g/mol. The lowest BCUT2D eigenvalue weighted by atomic mass is 9.73. The van der Waals surface area contributed by atoms with Gasteiger partial charge in [-0.25, -0.2) is 0 Å². The molecule has 3 aromatic rings. The summed E-state index contributed by atoms with van der Waals surface area (Å²) in [6, 6.07) is 15.7. The third kappa shape index (κ3) is 5.58. The van der Waals surface area contributed by atoms with Gasteiger partial charge in [-0.1, -0.05) is 49.2 Å². The number of aromatic amines is 1. The SMILES string of the molecule is CN1CCOc2ccccc2CCCCCC2(CCN(C(=O)[C@H](N)Cc3c[nH]c4ccccc34)CC2)C1=O. The molecule has 0 aliphatic carbocycles. The Morgan fingerprint density at radius 1 is 1.03 bits per heavy atom. The molecule has 0 unspecified atom stereocenters. The number of nitrogens with one attached hydrogen (secondary N) is 1. The summed E-state index contributed by atoms with van der Waals surface area (Å²) in [5, 5.41) is 1.11. The molecular weight excluding hydrogens is 476 g/mol. The summed E-state index contributed by atoms with van der Waals surface area (Å²) in [6.07, 6.45) is 8.83. The zero-order valence-electron chi connectivity index (χ0n) is 22.5. The third-order valence-corrected chi connectivity index (χ3v) is 8.52. The van der Waals surface area contributed by atoms with E-state index in [0.717, 1.165) is 54.3 Å². The maximum absolute atomic E-state index is 13.8. The lowest BCUT2D eigenvalue weighted by Crippen LogP contribution is -2.54. The first-order valence-corrected chi connectivity index (χ1v) is 14.0. The molecule has 2 amide bonds. The molecule has 1 fully saturated rings. The van der Waals surface area contributed by atoms with Gasteiger partial charge in [0.15, 0.2) is 0 Å². The quantitative estimate of drug-likeness (QED) is 0.543. The number of likely N-dealkylation sites (N-methyl/N-ethyl adjacent to an activating group) is 1. The summed E-state index contributed by atoms with van der Waals surface area (Å²) in [5.41, 5.74) is 9.36. The zero-order valence-corrected chi connectivity index (χ0v) is 22.5. The minimum absolute atomic E-state index is 0.0262. The molecule has 1 spiro atoms. The lowest BCUT2D eigenvalue weighted by Gasteiger charge is -2.43. The van der Waals surface area contributed by atoms with Gasteiger partial charge < -0.3 is 25.3 Å². The van der Waals surface area contributed by atoms with Gasteiger partial charge in [0.1, 0.15) is 12.4 Å². The monoisotopic (exact) mass is 516 g/mol. The van der Waals surface area contributed by atoms with Gasteiger partial charge in [-0.05, 0) is 61.8 Å². The Morgan fingerprint density at radius 2 is 1.79 bits per heavy atom. The van der Waals surface area contributed by atoms with Crippen molar-refractivity contribution in [1.82, 2.24) is 14.8 Å². The number of rotatable bonds is 3. The molecule has 0 bridgehead atoms. The number of likely N-dealkylation sites (tertiary alicyclic amines) is 1. The van der Waals surface area contributed by atoms with Crippen molar-refractivity contribution >= 4 is 22.7 Å². The van der Waals surface area contributed by atoms with E-state index in [0.29, 0.717) is 45.5 Å². The molecule has 1 saturated heterocycles. The minimum Gasteiger partial charge on any atom is -0.491 e. The molecule has 2 aromatic carbocycles. The van der Waals surface area contributed by atoms with Crippen LogP contribution in [-0.4, -0.2) is 65.9 Å². The number of carbonyl (C=O) groups excluding carboxylic acids is 2. The van der Waals surface area contributed by atoms with E-state index >= 15 is 0 Å². The first-order chi connectivity index (χ1) is 18.5. The first-order valence-electron chi connectivity index (χ1n) is 14.0. The van der Waals surface area contributed by atoms with Gasteiger partial charge in [0.25, 0.3) is 0 Å². The van der Waals surface area contributed by atoms with Crippen LogP contribution in [0.25, 0.3) is 10.9 Å². The molecule has 1 atom stereocenters. The molecule has 202 valence electrons. The molecule has 7 nitrogen and oxygen atoms in total. The zero-order chi connectivity index (χ0) is 26.5. The van der Waals surface area contributed by atoms with Crippen molar-refractivity contribution in [3.05, 3.63) is 65.9 Å². The fraction of sp³-hybridized carbons (Fsp3) is 0.484. The Morgan fingerprint density at radius 3 is 2.63 bits per heavy atom. The van der Waals surface area contributed by atoms with Gasteiger partial charge in [0, 0.05) is 37.2 Å². The molecule has 7 heteroatoms. The van der Waals surface area contributed by atoms with Crippen LogP contribution >= 0.6 is 0 Å². The molecular formula is C31H40N4O3. The van der Waals surface area contributed by atoms with Crippen LogP contribution in [0.2, 0.25) is 0 Å². The number of aryl methyl sites for hydroxylation is 1. The highest BCUT2D eigenvalue weighted by molar-refractivity contribution is 5.87. The average Bonchev–Trinajstić information content (AvgIpc) is 3.35. The highest BCUT2D eigenvalue weighted by Gasteiger charge is 2.43. The number of hydrogen-bond acceptors (Lipinski definition) is 4. The van der Waals surface area contributed by atoms with Crippen LogP contribution in [0.15, 0.2) is 54.7 Å². The van der Waals surface area contributed by atoms with Crippen molar-refractivity contribution in [2.75, 3.05) is 33.3 Å². The van der Waals surface area contributed by atoms with Crippen LogP contribution in [0.5, 0.6) is 5.75 Å². The van der Waals surface area contributed by atoms with E-state index < -0.39 is 11.5 Å². The fourth-order valence-corrected chi connectivity index (χ4v) is 6.19. The predicted molar refractivity (Wildman–Crippen MR) is 150 cm³/mol. The number of piperidine rings is 1. The Balaban J connectivity index is 1.22. The number of benzene rings is 2. The highest BCUT2D eigenvalue weighted by Crippen LogP contribution is 2.39. The van der Waals surface area contributed by atoms with E-state index in [-0.39, 0.29) is 11.8 Å². The van der Waals surface area contributed by atoms with Crippen LogP contribution in [0.1, 0.15) is 49.7 Å². The number of nitrogens with zero attached hydrogens (tertiary/aromatic N) is 2. The van der Waals surface area contributed by atoms with E-state index in [2.05, 4.69) is 23.2 Å². The van der Waals surface area contributed by atoms with E-state index in [4.69, 9.17) is 10.5 Å². The summed E-state index contributed by atoms with van der Waals surface area (Å²) in [4.78, 5) is 34.0. The lowest BCUT2D eigenvalue weighted by molar-refractivity contribution is -0.148. The van der Waals surface area contributed by atoms with E-state index in [1.807, 2.05) is 53.4 Å². The van der Waals surface area contributed by atoms with Crippen molar-refractivity contribution < 1.29 is 14.3 Å². The molecule has 0 radical (unpaired) electrons. The predicted octanol–water partition coefficient (Wildman–Crippen LogP) is 4.30. The summed E-state index contributed by atoms with van der Waals surface area (Å²) in [7, 11) is 1.88. The number of carbonyl (C=O) groups is 2. The summed E-state index contributed by atoms with van der Waals surface area (Å²) in [6.45, 7) is 2.17. The maximum Gasteiger partial charge on any atom is 0.239 e. The standard InChI is InChI=1S/C31H40N4O3/c1-34-19-20-38-28-13-7-4-10-23(28)9-3-2-8-14-31(30(34)37)15-17-35(18-16-31)29(36)26(32)21-24-22-33-27-12-6-5-11-25(24)27/h4-7,10-13,22,26,33H,2-3,8-9,14-21,32H2,1H3/t26-/m1/s1. The van der Waals surface area contributed by atoms with Crippen LogP contribution in [-0.2, 0) is 22.4 Å². The second-order valence-electron chi connectivity index (χ2n) is 11.0. The molecule has 5 rings (SSSR count). The van der Waals surface area contributed by atoms with Crippen molar-refractivity contribution in [2.24, 2.45) is 11.1 Å². The van der Waals surface area contributed by atoms with Gasteiger partial charge in [-0.15, -0.1) is 0 Å². The highest BCUT2D eigenvalue weighted by atomic mass is 16.5. The van der Waals surface area contributed by atoms with Crippen molar-refractivity contribution in [2.45, 2.75) is 57.4 Å². The Labute approximate surface area is 225 Å². The van der Waals surface area contributed by atoms with E-state index in [9.17, 15) is 9.59 Å². The molecule has 2 aliphatic rings. The van der Waals surface area contributed by atoms with Crippen LogP contribution in [0.3, 0.4) is 0 Å². The van der Waals surface area contributed by atoms with Gasteiger partial charge in [-0.3, -0.25) is 9.59 Å². The third-order valence-electron chi connectivity index (χ3n) is 8.52. The number of fused-ring (bicyclic) bond motifs is 2. The fourth-order valence-electron chi connectivity index (χ4n) is 6.19. The van der Waals surface area contributed by atoms with E-state index in [1.165, 1.54) is 5.56 Å². The van der Waals surface area contributed by atoms with Gasteiger partial charge in [-0.2, -0.15) is 0 Å². The molecule has 3 N–H and O–H groups in total. The largest absolute Gasteiger partial charge is 0.491 e. The molecule has 0 saturated carbocycles.